The first-order valence-corrected chi connectivity index (χ1v) is 5.77. The molecule has 0 saturated carbocycles. The number of hydrogen-bond acceptors (Lipinski definition) is 3. The maximum Gasteiger partial charge on any atom is 0.337 e. The monoisotopic (exact) mass is 270 g/mol. The lowest BCUT2D eigenvalue weighted by molar-refractivity contribution is 0.0600. The number of benzene rings is 1. The number of ether oxygens (including phenoxy) is 1. The maximum absolute atomic E-state index is 11.5. The number of esters is 1. The molecule has 18 heavy (non-hydrogen) atoms. The summed E-state index contributed by atoms with van der Waals surface area (Å²) in [6.07, 6.45) is 0. The molecule has 0 radical (unpaired) electrons. The second-order valence-corrected chi connectivity index (χ2v) is 4.35. The van der Waals surface area contributed by atoms with E-state index in [9.17, 15) is 9.59 Å². The van der Waals surface area contributed by atoms with Gasteiger partial charge in [-0.1, -0.05) is 11.6 Å². The zero-order valence-corrected chi connectivity index (χ0v) is 11.2. The quantitative estimate of drug-likeness (QED) is 0.830. The van der Waals surface area contributed by atoms with E-state index in [0.29, 0.717) is 16.3 Å². The molecule has 0 heterocycles. The Morgan fingerprint density at radius 2 is 2.00 bits per heavy atom. The Hall–Kier alpha value is -1.75. The summed E-state index contributed by atoms with van der Waals surface area (Å²) in [6, 6.07) is 4.15. The van der Waals surface area contributed by atoms with E-state index in [0.717, 1.165) is 0 Å². The molecule has 0 spiro atoms. The number of urea groups is 1. The Bertz CT molecular complexity index is 461. The Labute approximate surface area is 110 Å². The third-order valence-electron chi connectivity index (χ3n) is 2.06. The number of amides is 2. The number of anilines is 1. The van der Waals surface area contributed by atoms with Gasteiger partial charge < -0.3 is 15.4 Å². The van der Waals surface area contributed by atoms with Gasteiger partial charge in [0.05, 0.1) is 23.4 Å². The number of carbonyl (C=O) groups is 2. The zero-order chi connectivity index (χ0) is 13.7. The topological polar surface area (TPSA) is 67.4 Å². The van der Waals surface area contributed by atoms with E-state index in [1.54, 1.807) is 0 Å². The van der Waals surface area contributed by atoms with Crippen LogP contribution in [-0.2, 0) is 4.74 Å². The molecule has 2 amide bonds. The van der Waals surface area contributed by atoms with Crippen LogP contribution >= 0.6 is 11.6 Å². The van der Waals surface area contributed by atoms with Crippen molar-refractivity contribution in [1.29, 1.82) is 0 Å². The van der Waals surface area contributed by atoms with Gasteiger partial charge in [0.15, 0.2) is 0 Å². The Kier molecular flexibility index (Phi) is 4.97. The SMILES string of the molecule is COC(=O)c1ccc(Cl)c(NC(=O)NC(C)C)c1. The molecule has 98 valence electrons. The third-order valence-corrected chi connectivity index (χ3v) is 2.39. The average Bonchev–Trinajstić information content (AvgIpc) is 2.30. The van der Waals surface area contributed by atoms with Gasteiger partial charge in [0.2, 0.25) is 0 Å². The molecule has 6 heteroatoms. The molecule has 2 N–H and O–H groups in total. The van der Waals surface area contributed by atoms with Crippen molar-refractivity contribution in [1.82, 2.24) is 5.32 Å². The molecule has 0 bridgehead atoms. The van der Waals surface area contributed by atoms with Crippen LogP contribution < -0.4 is 10.6 Å². The van der Waals surface area contributed by atoms with Crippen molar-refractivity contribution in [3.05, 3.63) is 28.8 Å². The molecule has 0 fully saturated rings. The fourth-order valence-electron chi connectivity index (χ4n) is 1.29. The van der Waals surface area contributed by atoms with Gasteiger partial charge in [0, 0.05) is 6.04 Å². The van der Waals surface area contributed by atoms with Gasteiger partial charge in [-0.2, -0.15) is 0 Å². The first-order chi connectivity index (χ1) is 8.43. The number of halogens is 1. The van der Waals surface area contributed by atoms with E-state index in [1.165, 1.54) is 25.3 Å². The number of nitrogens with one attached hydrogen (secondary N) is 2. The van der Waals surface area contributed by atoms with Crippen LogP contribution in [0.15, 0.2) is 18.2 Å². The second kappa shape index (κ2) is 6.26. The molecule has 0 atom stereocenters. The van der Waals surface area contributed by atoms with Crippen LogP contribution in [0.3, 0.4) is 0 Å². The minimum absolute atomic E-state index is 0.00700. The van der Waals surface area contributed by atoms with Gasteiger partial charge in [-0.3, -0.25) is 0 Å². The van der Waals surface area contributed by atoms with Crippen LogP contribution in [0, 0.1) is 0 Å². The van der Waals surface area contributed by atoms with Crippen molar-refractivity contribution in [2.45, 2.75) is 19.9 Å². The van der Waals surface area contributed by atoms with Crippen molar-refractivity contribution in [3.63, 3.8) is 0 Å². The highest BCUT2D eigenvalue weighted by atomic mass is 35.5. The molecular weight excluding hydrogens is 256 g/mol. The largest absolute Gasteiger partial charge is 0.465 e. The van der Waals surface area contributed by atoms with Gasteiger partial charge in [-0.15, -0.1) is 0 Å². The van der Waals surface area contributed by atoms with Gasteiger partial charge in [-0.05, 0) is 32.0 Å². The Morgan fingerprint density at radius 3 is 2.56 bits per heavy atom. The molecule has 1 rings (SSSR count). The molecular formula is C12H15ClN2O3. The molecule has 0 aliphatic rings. The van der Waals surface area contributed by atoms with Gasteiger partial charge in [0.1, 0.15) is 0 Å². The van der Waals surface area contributed by atoms with Crippen LogP contribution in [0.4, 0.5) is 10.5 Å². The zero-order valence-electron chi connectivity index (χ0n) is 10.4. The summed E-state index contributed by atoms with van der Waals surface area (Å²) in [4.78, 5) is 22.9. The first-order valence-electron chi connectivity index (χ1n) is 5.39. The van der Waals surface area contributed by atoms with E-state index in [-0.39, 0.29) is 12.1 Å². The Morgan fingerprint density at radius 1 is 1.33 bits per heavy atom. The number of methoxy groups -OCH3 is 1. The van der Waals surface area contributed by atoms with Crippen LogP contribution in [0.25, 0.3) is 0 Å². The summed E-state index contributed by atoms with van der Waals surface area (Å²) in [5.41, 5.74) is 0.680. The highest BCUT2D eigenvalue weighted by Crippen LogP contribution is 2.23. The lowest BCUT2D eigenvalue weighted by Gasteiger charge is -2.12. The highest BCUT2D eigenvalue weighted by molar-refractivity contribution is 6.33. The Balaban J connectivity index is 2.87. The number of carbonyl (C=O) groups excluding carboxylic acids is 2. The fourth-order valence-corrected chi connectivity index (χ4v) is 1.45. The standard InChI is InChI=1S/C12H15ClN2O3/c1-7(2)14-12(17)15-10-6-8(11(16)18-3)4-5-9(10)13/h4-7H,1-3H3,(H2,14,15,17). The number of hydrogen-bond donors (Lipinski definition) is 2. The van der Waals surface area contributed by atoms with Crippen LogP contribution in [0.1, 0.15) is 24.2 Å². The molecule has 0 aromatic heterocycles. The summed E-state index contributed by atoms with van der Waals surface area (Å²) in [7, 11) is 1.29. The minimum atomic E-state index is -0.487. The summed E-state index contributed by atoms with van der Waals surface area (Å²) in [5, 5.41) is 5.58. The lowest BCUT2D eigenvalue weighted by Crippen LogP contribution is -2.34. The molecule has 0 aliphatic heterocycles. The predicted octanol–water partition coefficient (Wildman–Crippen LogP) is 2.66. The molecule has 1 aromatic rings. The van der Waals surface area contributed by atoms with Crippen molar-refractivity contribution in [2.24, 2.45) is 0 Å². The van der Waals surface area contributed by atoms with Gasteiger partial charge in [-0.25, -0.2) is 9.59 Å². The van der Waals surface area contributed by atoms with E-state index >= 15 is 0 Å². The van der Waals surface area contributed by atoms with Gasteiger partial charge in [0.25, 0.3) is 0 Å². The molecule has 0 saturated heterocycles. The molecule has 5 nitrogen and oxygen atoms in total. The van der Waals surface area contributed by atoms with Crippen LogP contribution in [0.5, 0.6) is 0 Å². The van der Waals surface area contributed by atoms with Crippen molar-refractivity contribution >= 4 is 29.3 Å². The summed E-state index contributed by atoms with van der Waals surface area (Å²) >= 11 is 5.93. The molecule has 0 aliphatic carbocycles. The van der Waals surface area contributed by atoms with E-state index in [1.807, 2.05) is 13.8 Å². The molecule has 0 unspecified atom stereocenters. The van der Waals surface area contributed by atoms with E-state index in [4.69, 9.17) is 11.6 Å². The first kappa shape index (κ1) is 14.3. The van der Waals surface area contributed by atoms with Crippen LogP contribution in [0.2, 0.25) is 5.02 Å². The summed E-state index contributed by atoms with van der Waals surface area (Å²) in [5.74, 6) is -0.487. The predicted molar refractivity (Wildman–Crippen MR) is 70.1 cm³/mol. The molecule has 1 aromatic carbocycles. The maximum atomic E-state index is 11.5. The summed E-state index contributed by atoms with van der Waals surface area (Å²) in [6.45, 7) is 3.68. The van der Waals surface area contributed by atoms with Crippen LogP contribution in [-0.4, -0.2) is 25.2 Å². The van der Waals surface area contributed by atoms with Crippen molar-refractivity contribution in [2.75, 3.05) is 12.4 Å². The smallest absolute Gasteiger partial charge is 0.337 e. The average molecular weight is 271 g/mol. The minimum Gasteiger partial charge on any atom is -0.465 e. The normalized spacial score (nSPS) is 10.1. The van der Waals surface area contributed by atoms with E-state index in [2.05, 4.69) is 15.4 Å². The summed E-state index contributed by atoms with van der Waals surface area (Å²) < 4.78 is 4.59. The second-order valence-electron chi connectivity index (χ2n) is 3.94. The van der Waals surface area contributed by atoms with E-state index < -0.39 is 5.97 Å². The third kappa shape index (κ3) is 3.92. The van der Waals surface area contributed by atoms with Crippen molar-refractivity contribution < 1.29 is 14.3 Å². The van der Waals surface area contributed by atoms with Gasteiger partial charge >= 0.3 is 12.0 Å². The lowest BCUT2D eigenvalue weighted by atomic mass is 10.2. The highest BCUT2D eigenvalue weighted by Gasteiger charge is 2.11. The number of rotatable bonds is 3. The fraction of sp³-hybridized carbons (Fsp3) is 0.333. The van der Waals surface area contributed by atoms with Crippen molar-refractivity contribution in [3.8, 4) is 0 Å².